The minimum atomic E-state index is 0. The van der Waals surface area contributed by atoms with Gasteiger partial charge >= 0.3 is 0 Å². The molecule has 1 saturated heterocycles. The number of hydrogen-bond acceptors (Lipinski definition) is 2. The summed E-state index contributed by atoms with van der Waals surface area (Å²) in [5.74, 6) is 0.177. The van der Waals surface area contributed by atoms with Gasteiger partial charge in [0.1, 0.15) is 0 Å². The summed E-state index contributed by atoms with van der Waals surface area (Å²) in [7, 11) is 0. The summed E-state index contributed by atoms with van der Waals surface area (Å²) < 4.78 is 0. The smallest absolute Gasteiger partial charge is 0.237 e. The lowest BCUT2D eigenvalue weighted by atomic mass is 10.0. The Hall–Kier alpha value is -1.06. The minimum absolute atomic E-state index is 0. The van der Waals surface area contributed by atoms with Crippen LogP contribution in [0.5, 0.6) is 0 Å². The van der Waals surface area contributed by atoms with Gasteiger partial charge in [-0.3, -0.25) is 4.79 Å². The molecule has 19 heavy (non-hydrogen) atoms. The van der Waals surface area contributed by atoms with Gasteiger partial charge in [0.2, 0.25) is 5.91 Å². The van der Waals surface area contributed by atoms with E-state index in [9.17, 15) is 4.79 Å². The van der Waals surface area contributed by atoms with E-state index in [-0.39, 0.29) is 30.4 Å². The van der Waals surface area contributed by atoms with Crippen molar-refractivity contribution < 1.29 is 4.79 Å². The third-order valence-electron chi connectivity index (χ3n) is 4.08. The molecule has 4 heteroatoms. The van der Waals surface area contributed by atoms with Crippen molar-refractivity contribution in [2.45, 2.75) is 44.2 Å². The van der Waals surface area contributed by atoms with Crippen LogP contribution in [0, 0.1) is 0 Å². The number of rotatable bonds is 2. The molecule has 0 bridgehead atoms. The van der Waals surface area contributed by atoms with Gasteiger partial charge in [-0.25, -0.2) is 0 Å². The average Bonchev–Trinajstić information content (AvgIpc) is 2.83. The second-order valence-corrected chi connectivity index (χ2v) is 5.30. The van der Waals surface area contributed by atoms with Crippen molar-refractivity contribution in [3.8, 4) is 0 Å². The van der Waals surface area contributed by atoms with Crippen LogP contribution in [0.2, 0.25) is 0 Å². The first-order valence-corrected chi connectivity index (χ1v) is 6.96. The zero-order chi connectivity index (χ0) is 12.4. The highest BCUT2D eigenvalue weighted by Gasteiger charge is 2.27. The van der Waals surface area contributed by atoms with Gasteiger partial charge in [0.25, 0.3) is 0 Å². The number of piperidine rings is 1. The Balaban J connectivity index is 0.00000133. The quantitative estimate of drug-likeness (QED) is 0.873. The molecule has 0 aromatic heterocycles. The molecule has 2 atom stereocenters. The van der Waals surface area contributed by atoms with Gasteiger partial charge in [-0.2, -0.15) is 0 Å². The molecule has 3 nitrogen and oxygen atoms in total. The van der Waals surface area contributed by atoms with E-state index >= 15 is 0 Å². The molecule has 0 spiro atoms. The zero-order valence-corrected chi connectivity index (χ0v) is 11.8. The van der Waals surface area contributed by atoms with Crippen molar-refractivity contribution in [2.75, 3.05) is 6.54 Å². The first-order valence-electron chi connectivity index (χ1n) is 6.96. The van der Waals surface area contributed by atoms with Crippen LogP contribution in [0.3, 0.4) is 0 Å². The Bertz CT molecular complexity index is 444. The van der Waals surface area contributed by atoms with Gasteiger partial charge in [-0.1, -0.05) is 30.7 Å². The molecule has 1 heterocycles. The van der Waals surface area contributed by atoms with E-state index < -0.39 is 0 Å². The average molecular weight is 281 g/mol. The van der Waals surface area contributed by atoms with Crippen LogP contribution in [0.1, 0.15) is 42.9 Å². The monoisotopic (exact) mass is 280 g/mol. The van der Waals surface area contributed by atoms with Gasteiger partial charge in [-0.15, -0.1) is 12.4 Å². The molecule has 1 fully saturated rings. The number of carbonyl (C=O) groups excluding carboxylic acids is 1. The number of halogens is 1. The Morgan fingerprint density at radius 1 is 1.21 bits per heavy atom. The van der Waals surface area contributed by atoms with Crippen LogP contribution in [-0.4, -0.2) is 18.5 Å². The van der Waals surface area contributed by atoms with Crippen LogP contribution < -0.4 is 10.6 Å². The fourth-order valence-corrected chi connectivity index (χ4v) is 3.05. The lowest BCUT2D eigenvalue weighted by Crippen LogP contribution is -2.47. The highest BCUT2D eigenvalue weighted by atomic mass is 35.5. The highest BCUT2D eigenvalue weighted by Crippen LogP contribution is 2.30. The van der Waals surface area contributed by atoms with Crippen molar-refractivity contribution in [1.29, 1.82) is 0 Å². The molecular formula is C15H21ClN2O. The maximum absolute atomic E-state index is 12.2. The van der Waals surface area contributed by atoms with E-state index in [2.05, 4.69) is 34.9 Å². The Morgan fingerprint density at radius 3 is 2.84 bits per heavy atom. The first kappa shape index (κ1) is 14.4. The van der Waals surface area contributed by atoms with Crippen LogP contribution in [0.15, 0.2) is 24.3 Å². The fourth-order valence-electron chi connectivity index (χ4n) is 3.05. The summed E-state index contributed by atoms with van der Waals surface area (Å²) in [6.07, 6.45) is 5.44. The molecule has 1 aromatic carbocycles. The molecule has 2 unspecified atom stereocenters. The highest BCUT2D eigenvalue weighted by molar-refractivity contribution is 5.85. The van der Waals surface area contributed by atoms with Crippen LogP contribution in [-0.2, 0) is 11.2 Å². The third-order valence-corrected chi connectivity index (χ3v) is 4.08. The van der Waals surface area contributed by atoms with Gasteiger partial charge < -0.3 is 10.6 Å². The number of aryl methyl sites for hydroxylation is 1. The zero-order valence-electron chi connectivity index (χ0n) is 11.0. The Labute approximate surface area is 120 Å². The maximum Gasteiger partial charge on any atom is 0.237 e. The maximum atomic E-state index is 12.2. The fraction of sp³-hybridized carbons (Fsp3) is 0.533. The van der Waals surface area contributed by atoms with Crippen molar-refractivity contribution >= 4 is 18.3 Å². The standard InChI is InChI=1S/C15H20N2O.ClH/c18-15(14-7-3-4-10-16-14)17-13-9-8-11-5-1-2-6-12(11)13;/h1-2,5-6,13-14,16H,3-4,7-10H2,(H,17,18);1H. The summed E-state index contributed by atoms with van der Waals surface area (Å²) in [5, 5.41) is 6.51. The molecule has 3 rings (SSSR count). The summed E-state index contributed by atoms with van der Waals surface area (Å²) >= 11 is 0. The van der Waals surface area contributed by atoms with Crippen LogP contribution >= 0.6 is 12.4 Å². The summed E-state index contributed by atoms with van der Waals surface area (Å²) in [6, 6.07) is 8.68. The van der Waals surface area contributed by atoms with Crippen LogP contribution in [0.25, 0.3) is 0 Å². The molecule has 0 saturated carbocycles. The lowest BCUT2D eigenvalue weighted by molar-refractivity contribution is -0.124. The number of fused-ring (bicyclic) bond motifs is 1. The largest absolute Gasteiger partial charge is 0.348 e. The number of benzene rings is 1. The molecule has 1 amide bonds. The van der Waals surface area contributed by atoms with E-state index in [0.717, 1.165) is 32.2 Å². The molecule has 2 aliphatic rings. The van der Waals surface area contributed by atoms with Crippen molar-refractivity contribution in [3.05, 3.63) is 35.4 Å². The van der Waals surface area contributed by atoms with E-state index in [4.69, 9.17) is 0 Å². The van der Waals surface area contributed by atoms with Crippen LogP contribution in [0.4, 0.5) is 0 Å². The normalized spacial score (nSPS) is 25.3. The molecule has 1 aliphatic heterocycles. The van der Waals surface area contributed by atoms with Crippen molar-refractivity contribution in [2.24, 2.45) is 0 Å². The van der Waals surface area contributed by atoms with Gasteiger partial charge in [-0.05, 0) is 43.4 Å². The van der Waals surface area contributed by atoms with Gasteiger partial charge in [0, 0.05) is 0 Å². The molecule has 1 aliphatic carbocycles. The minimum Gasteiger partial charge on any atom is -0.348 e. The molecule has 2 N–H and O–H groups in total. The Kier molecular flexibility index (Phi) is 4.83. The van der Waals surface area contributed by atoms with E-state index in [1.54, 1.807) is 0 Å². The van der Waals surface area contributed by atoms with Gasteiger partial charge in [0.05, 0.1) is 12.1 Å². The Morgan fingerprint density at radius 2 is 2.05 bits per heavy atom. The SMILES string of the molecule is Cl.O=C(NC1CCc2ccccc21)C1CCCCN1. The summed E-state index contributed by atoms with van der Waals surface area (Å²) in [4.78, 5) is 12.2. The molecule has 0 radical (unpaired) electrons. The number of hydrogen-bond donors (Lipinski definition) is 2. The lowest BCUT2D eigenvalue weighted by Gasteiger charge is -2.24. The third kappa shape index (κ3) is 3.10. The topological polar surface area (TPSA) is 41.1 Å². The second kappa shape index (κ2) is 6.40. The summed E-state index contributed by atoms with van der Waals surface area (Å²) in [5.41, 5.74) is 2.70. The van der Waals surface area contributed by atoms with Crippen molar-refractivity contribution in [1.82, 2.24) is 10.6 Å². The second-order valence-electron chi connectivity index (χ2n) is 5.30. The van der Waals surface area contributed by atoms with E-state index in [1.165, 1.54) is 17.5 Å². The number of carbonyl (C=O) groups is 1. The number of nitrogens with one attached hydrogen (secondary N) is 2. The first-order chi connectivity index (χ1) is 8.84. The van der Waals surface area contributed by atoms with Gasteiger partial charge in [0.15, 0.2) is 0 Å². The van der Waals surface area contributed by atoms with Crippen molar-refractivity contribution in [3.63, 3.8) is 0 Å². The van der Waals surface area contributed by atoms with E-state index in [1.807, 2.05) is 0 Å². The summed E-state index contributed by atoms with van der Waals surface area (Å²) in [6.45, 7) is 0.972. The van der Waals surface area contributed by atoms with E-state index in [0.29, 0.717) is 0 Å². The predicted molar refractivity (Wildman–Crippen MR) is 78.5 cm³/mol. The molecule has 104 valence electrons. The predicted octanol–water partition coefficient (Wildman–Crippen LogP) is 2.35. The molecule has 1 aromatic rings. The molecular weight excluding hydrogens is 260 g/mol. The number of amides is 1.